The second-order valence-corrected chi connectivity index (χ2v) is 6.51. The van der Waals surface area contributed by atoms with Gasteiger partial charge in [0.1, 0.15) is 11.6 Å². The maximum Gasteiger partial charge on any atom is 0.191 e. The third kappa shape index (κ3) is 6.19. The number of benzene rings is 2. The van der Waals surface area contributed by atoms with Gasteiger partial charge in [-0.1, -0.05) is 24.3 Å². The van der Waals surface area contributed by atoms with Crippen molar-refractivity contribution in [1.29, 1.82) is 0 Å². The maximum absolute atomic E-state index is 13.4. The smallest absolute Gasteiger partial charge is 0.191 e. The number of aliphatic imine (C=N–C) groups is 1. The van der Waals surface area contributed by atoms with E-state index in [0.717, 1.165) is 54.3 Å². The number of para-hydroxylation sites is 2. The van der Waals surface area contributed by atoms with Crippen LogP contribution in [0.5, 0.6) is 0 Å². The summed E-state index contributed by atoms with van der Waals surface area (Å²) in [6.45, 7) is 5.90. The summed E-state index contributed by atoms with van der Waals surface area (Å²) < 4.78 is 13.4. The van der Waals surface area contributed by atoms with Crippen LogP contribution in [-0.2, 0) is 13.0 Å². The first-order valence-corrected chi connectivity index (χ1v) is 9.36. The van der Waals surface area contributed by atoms with Gasteiger partial charge in [-0.2, -0.15) is 0 Å². The van der Waals surface area contributed by atoms with E-state index < -0.39 is 0 Å². The van der Waals surface area contributed by atoms with Gasteiger partial charge in [0, 0.05) is 19.5 Å². The van der Waals surface area contributed by atoms with Gasteiger partial charge in [0.05, 0.1) is 17.6 Å². The van der Waals surface area contributed by atoms with Gasteiger partial charge in [0.25, 0.3) is 0 Å². The van der Waals surface area contributed by atoms with Gasteiger partial charge >= 0.3 is 0 Å². The number of fused-ring (bicyclic) bond motifs is 1. The number of imidazole rings is 1. The van der Waals surface area contributed by atoms with Crippen molar-refractivity contribution in [3.8, 4) is 0 Å². The lowest BCUT2D eigenvalue weighted by Gasteiger charge is -2.11. The molecule has 0 bridgehead atoms. The van der Waals surface area contributed by atoms with Crippen LogP contribution in [-0.4, -0.2) is 29.0 Å². The minimum atomic E-state index is -0.182. The third-order valence-corrected chi connectivity index (χ3v) is 4.31. The van der Waals surface area contributed by atoms with Crippen LogP contribution in [0.25, 0.3) is 11.0 Å². The summed E-state index contributed by atoms with van der Waals surface area (Å²) in [6.07, 6.45) is 1.82. The monoisotopic (exact) mass is 495 g/mol. The molecule has 1 heterocycles. The van der Waals surface area contributed by atoms with Gasteiger partial charge in [0.2, 0.25) is 0 Å². The highest BCUT2D eigenvalue weighted by Crippen LogP contribution is 2.11. The number of guanidine groups is 1. The van der Waals surface area contributed by atoms with Crippen molar-refractivity contribution >= 4 is 41.0 Å². The second-order valence-electron chi connectivity index (χ2n) is 6.51. The summed E-state index contributed by atoms with van der Waals surface area (Å²) in [6, 6.07) is 13.2. The highest BCUT2D eigenvalue weighted by molar-refractivity contribution is 14.0. The number of aryl methyl sites for hydroxylation is 2. The molecule has 150 valence electrons. The van der Waals surface area contributed by atoms with E-state index in [1.807, 2.05) is 37.3 Å². The van der Waals surface area contributed by atoms with Crippen molar-refractivity contribution in [2.45, 2.75) is 33.2 Å². The predicted octanol–water partition coefficient (Wildman–Crippen LogP) is 4.32. The standard InChI is InChI=1S/C21H26FN5.HI/c1-3-23-21(25-14-16-10-11-17(22)15(2)13-16)24-12-6-9-20-26-18-7-4-5-8-19(18)27-20;/h4-5,7-8,10-11,13H,3,6,9,12,14H2,1-2H3,(H,26,27)(H2,23,24,25);1H. The zero-order chi connectivity index (χ0) is 19.1. The number of hydrogen-bond donors (Lipinski definition) is 3. The Morgan fingerprint density at radius 3 is 2.75 bits per heavy atom. The molecule has 0 fully saturated rings. The molecule has 3 rings (SSSR count). The highest BCUT2D eigenvalue weighted by atomic mass is 127. The molecule has 5 nitrogen and oxygen atoms in total. The first-order chi connectivity index (χ1) is 13.2. The predicted molar refractivity (Wildman–Crippen MR) is 124 cm³/mol. The molecule has 1 aromatic heterocycles. The molecule has 0 saturated carbocycles. The molecular formula is C21H27FIN5. The van der Waals surface area contributed by atoms with Crippen molar-refractivity contribution in [3.05, 3.63) is 65.2 Å². The third-order valence-electron chi connectivity index (χ3n) is 4.31. The number of hydrogen-bond acceptors (Lipinski definition) is 2. The Hall–Kier alpha value is -2.16. The van der Waals surface area contributed by atoms with E-state index in [-0.39, 0.29) is 29.8 Å². The summed E-state index contributed by atoms with van der Waals surface area (Å²) in [4.78, 5) is 12.5. The highest BCUT2D eigenvalue weighted by Gasteiger charge is 2.03. The van der Waals surface area contributed by atoms with Crippen LogP contribution in [0.4, 0.5) is 4.39 Å². The Morgan fingerprint density at radius 1 is 1.18 bits per heavy atom. The van der Waals surface area contributed by atoms with E-state index in [4.69, 9.17) is 0 Å². The molecule has 0 aliphatic heterocycles. The fourth-order valence-corrected chi connectivity index (χ4v) is 2.90. The van der Waals surface area contributed by atoms with E-state index in [9.17, 15) is 4.39 Å². The molecule has 0 radical (unpaired) electrons. The molecule has 28 heavy (non-hydrogen) atoms. The quantitative estimate of drug-likeness (QED) is 0.198. The minimum Gasteiger partial charge on any atom is -0.357 e. The van der Waals surface area contributed by atoms with E-state index in [1.165, 1.54) is 6.07 Å². The van der Waals surface area contributed by atoms with Crippen LogP contribution in [0, 0.1) is 12.7 Å². The van der Waals surface area contributed by atoms with Gasteiger partial charge in [-0.15, -0.1) is 24.0 Å². The Bertz CT molecular complexity index is 889. The number of rotatable bonds is 7. The van der Waals surface area contributed by atoms with Crippen molar-refractivity contribution in [3.63, 3.8) is 0 Å². The Labute approximate surface area is 182 Å². The van der Waals surface area contributed by atoms with Gasteiger partial charge in [0.15, 0.2) is 5.96 Å². The number of aromatic nitrogens is 2. The normalized spacial score (nSPS) is 11.3. The molecule has 0 atom stereocenters. The topological polar surface area (TPSA) is 65.1 Å². The van der Waals surface area contributed by atoms with Crippen molar-refractivity contribution in [2.24, 2.45) is 4.99 Å². The number of nitrogens with one attached hydrogen (secondary N) is 3. The lowest BCUT2D eigenvalue weighted by molar-refractivity contribution is 0.617. The summed E-state index contributed by atoms with van der Waals surface area (Å²) in [5, 5.41) is 6.58. The van der Waals surface area contributed by atoms with Crippen LogP contribution in [0.3, 0.4) is 0 Å². The zero-order valence-electron chi connectivity index (χ0n) is 16.3. The summed E-state index contributed by atoms with van der Waals surface area (Å²) >= 11 is 0. The van der Waals surface area contributed by atoms with E-state index in [1.54, 1.807) is 13.0 Å². The number of H-pyrrole nitrogens is 1. The van der Waals surface area contributed by atoms with Crippen molar-refractivity contribution in [2.75, 3.05) is 13.1 Å². The Kier molecular flexibility index (Phi) is 8.69. The Balaban J connectivity index is 0.00000280. The van der Waals surface area contributed by atoms with E-state index >= 15 is 0 Å². The fourth-order valence-electron chi connectivity index (χ4n) is 2.90. The SMILES string of the molecule is CCNC(=NCc1ccc(F)c(C)c1)NCCCc1nc2ccccc2[nH]1.I. The van der Waals surface area contributed by atoms with Crippen molar-refractivity contribution in [1.82, 2.24) is 20.6 Å². The first-order valence-electron chi connectivity index (χ1n) is 9.36. The molecule has 3 N–H and O–H groups in total. The lowest BCUT2D eigenvalue weighted by Crippen LogP contribution is -2.37. The summed E-state index contributed by atoms with van der Waals surface area (Å²) in [5.74, 6) is 1.59. The lowest BCUT2D eigenvalue weighted by atomic mass is 10.1. The van der Waals surface area contributed by atoms with Gasteiger partial charge < -0.3 is 15.6 Å². The molecule has 0 saturated heterocycles. The molecule has 0 aliphatic rings. The van der Waals surface area contributed by atoms with Crippen LogP contribution in [0.15, 0.2) is 47.5 Å². The van der Waals surface area contributed by atoms with Crippen LogP contribution >= 0.6 is 24.0 Å². The van der Waals surface area contributed by atoms with Crippen LogP contribution in [0.1, 0.15) is 30.3 Å². The molecule has 3 aromatic rings. The molecule has 7 heteroatoms. The Morgan fingerprint density at radius 2 is 2.00 bits per heavy atom. The minimum absolute atomic E-state index is 0. The number of halogens is 2. The summed E-state index contributed by atoms with van der Waals surface area (Å²) in [7, 11) is 0. The maximum atomic E-state index is 13.4. The second kappa shape index (κ2) is 11.0. The zero-order valence-corrected chi connectivity index (χ0v) is 18.6. The van der Waals surface area contributed by atoms with E-state index in [0.29, 0.717) is 12.1 Å². The molecule has 0 unspecified atom stereocenters. The number of aromatic amines is 1. The molecule has 0 aliphatic carbocycles. The van der Waals surface area contributed by atoms with Crippen LogP contribution in [0.2, 0.25) is 0 Å². The van der Waals surface area contributed by atoms with Crippen LogP contribution < -0.4 is 10.6 Å². The van der Waals surface area contributed by atoms with Gasteiger partial charge in [-0.25, -0.2) is 14.4 Å². The molecule has 0 spiro atoms. The van der Waals surface area contributed by atoms with Gasteiger partial charge in [-0.05, 0) is 49.6 Å². The van der Waals surface area contributed by atoms with E-state index in [2.05, 4.69) is 25.6 Å². The average Bonchev–Trinajstić information content (AvgIpc) is 3.08. The largest absolute Gasteiger partial charge is 0.357 e. The summed E-state index contributed by atoms with van der Waals surface area (Å²) in [5.41, 5.74) is 3.72. The average molecular weight is 495 g/mol. The number of nitrogens with zero attached hydrogens (tertiary/aromatic N) is 2. The molecular weight excluding hydrogens is 468 g/mol. The first kappa shape index (κ1) is 22.1. The molecule has 0 amide bonds. The van der Waals surface area contributed by atoms with Crippen molar-refractivity contribution < 1.29 is 4.39 Å². The fraction of sp³-hybridized carbons (Fsp3) is 0.333. The molecule has 2 aromatic carbocycles. The van der Waals surface area contributed by atoms with Gasteiger partial charge in [-0.3, -0.25) is 0 Å².